The third-order valence-corrected chi connectivity index (χ3v) is 6.57. The van der Waals surface area contributed by atoms with Crippen molar-refractivity contribution in [1.82, 2.24) is 16.0 Å². The highest BCUT2D eigenvalue weighted by Gasteiger charge is 2.25. The molecule has 0 aliphatic heterocycles. The van der Waals surface area contributed by atoms with E-state index < -0.39 is 0 Å². The summed E-state index contributed by atoms with van der Waals surface area (Å²) in [4.78, 5) is 24.2. The molecule has 3 amide bonds. The molecule has 6 heteroatoms. The van der Waals surface area contributed by atoms with Gasteiger partial charge >= 0.3 is 6.03 Å². The summed E-state index contributed by atoms with van der Waals surface area (Å²) in [5, 5.41) is 9.68. The van der Waals surface area contributed by atoms with E-state index in [1.54, 1.807) is 0 Å². The highest BCUT2D eigenvalue weighted by atomic mass is 35.5. The van der Waals surface area contributed by atoms with E-state index in [4.69, 9.17) is 11.6 Å². The second-order valence-electron chi connectivity index (χ2n) is 8.27. The van der Waals surface area contributed by atoms with Gasteiger partial charge in [-0.3, -0.25) is 4.79 Å². The van der Waals surface area contributed by atoms with Gasteiger partial charge in [-0.2, -0.15) is 0 Å². The number of carbonyl (C=O) groups excluding carboxylic acids is 2. The van der Waals surface area contributed by atoms with E-state index in [9.17, 15) is 9.59 Å². The first-order chi connectivity index (χ1) is 13.6. The van der Waals surface area contributed by atoms with Crippen molar-refractivity contribution in [2.45, 2.75) is 57.9 Å². The number of halogens is 1. The zero-order valence-electron chi connectivity index (χ0n) is 16.5. The van der Waals surface area contributed by atoms with Crippen molar-refractivity contribution in [3.8, 4) is 0 Å². The van der Waals surface area contributed by atoms with Crippen molar-refractivity contribution >= 4 is 23.5 Å². The van der Waals surface area contributed by atoms with E-state index in [-0.39, 0.29) is 17.9 Å². The van der Waals surface area contributed by atoms with Gasteiger partial charge in [-0.1, -0.05) is 42.6 Å². The van der Waals surface area contributed by atoms with Gasteiger partial charge in [-0.15, -0.1) is 0 Å². The molecule has 2 fully saturated rings. The van der Waals surface area contributed by atoms with Gasteiger partial charge in [-0.05, 0) is 62.0 Å². The van der Waals surface area contributed by atoms with Gasteiger partial charge < -0.3 is 16.0 Å². The molecular weight excluding hydrogens is 374 g/mol. The first kappa shape index (κ1) is 21.0. The molecule has 1 aromatic rings. The molecule has 2 aliphatic rings. The van der Waals surface area contributed by atoms with Crippen LogP contribution in [-0.2, 0) is 11.3 Å². The fourth-order valence-electron chi connectivity index (χ4n) is 4.33. The number of hydrogen-bond donors (Lipinski definition) is 3. The van der Waals surface area contributed by atoms with Gasteiger partial charge in [0.15, 0.2) is 0 Å². The van der Waals surface area contributed by atoms with Crippen LogP contribution in [0.5, 0.6) is 0 Å². The van der Waals surface area contributed by atoms with Crippen LogP contribution in [-0.4, -0.2) is 25.0 Å². The third-order valence-electron chi connectivity index (χ3n) is 6.21. The van der Waals surface area contributed by atoms with Crippen LogP contribution in [0.4, 0.5) is 4.79 Å². The average Bonchev–Trinajstić information content (AvgIpc) is 3.25. The van der Waals surface area contributed by atoms with Gasteiger partial charge in [0.25, 0.3) is 0 Å². The predicted octanol–water partition coefficient (Wildman–Crippen LogP) is 4.25. The maximum Gasteiger partial charge on any atom is 0.315 e. The van der Waals surface area contributed by atoms with Gasteiger partial charge in [0.1, 0.15) is 0 Å². The molecule has 0 spiro atoms. The van der Waals surface area contributed by atoms with Crippen molar-refractivity contribution in [3.63, 3.8) is 0 Å². The molecule has 0 atom stereocenters. The van der Waals surface area contributed by atoms with E-state index in [2.05, 4.69) is 16.0 Å². The Bertz CT molecular complexity index is 653. The lowest BCUT2D eigenvalue weighted by molar-refractivity contribution is -0.125. The van der Waals surface area contributed by atoms with Gasteiger partial charge in [0.2, 0.25) is 5.91 Å². The number of amides is 3. The van der Waals surface area contributed by atoms with Gasteiger partial charge in [0.05, 0.1) is 0 Å². The Morgan fingerprint density at radius 1 is 0.857 bits per heavy atom. The van der Waals surface area contributed by atoms with Crippen LogP contribution in [0.1, 0.15) is 56.9 Å². The summed E-state index contributed by atoms with van der Waals surface area (Å²) in [5.74, 6) is 1.62. The standard InChI is InChI=1S/C22H32ClN3O2/c23-20-8-4-3-7-19(20)15-26-22(28)25-14-17-11-9-16(10-12-17)13-24-21(27)18-5-1-2-6-18/h3-4,7-8,16-18H,1-2,5-6,9-15H2,(H,24,27)(H2,25,26,28). The van der Waals surface area contributed by atoms with Gasteiger partial charge in [0, 0.05) is 30.6 Å². The maximum absolute atomic E-state index is 12.1. The molecule has 0 heterocycles. The minimum absolute atomic E-state index is 0.147. The Balaban J connectivity index is 1.27. The van der Waals surface area contributed by atoms with Crippen LogP contribution < -0.4 is 16.0 Å². The molecule has 0 saturated heterocycles. The molecule has 3 rings (SSSR count). The first-order valence-corrected chi connectivity index (χ1v) is 11.0. The number of benzene rings is 1. The van der Waals surface area contributed by atoms with Crippen LogP contribution in [0.3, 0.4) is 0 Å². The maximum atomic E-state index is 12.1. The topological polar surface area (TPSA) is 70.2 Å². The summed E-state index contributed by atoms with van der Waals surface area (Å²) in [6.07, 6.45) is 8.97. The second kappa shape index (κ2) is 10.7. The monoisotopic (exact) mass is 405 g/mol. The van der Waals surface area contributed by atoms with E-state index in [0.29, 0.717) is 29.9 Å². The Morgan fingerprint density at radius 2 is 1.46 bits per heavy atom. The van der Waals surface area contributed by atoms with Crippen LogP contribution in [0, 0.1) is 17.8 Å². The van der Waals surface area contributed by atoms with Crippen LogP contribution in [0.2, 0.25) is 5.02 Å². The predicted molar refractivity (Wildman–Crippen MR) is 112 cm³/mol. The average molecular weight is 406 g/mol. The molecule has 28 heavy (non-hydrogen) atoms. The van der Waals surface area contributed by atoms with Crippen LogP contribution in [0.25, 0.3) is 0 Å². The minimum atomic E-state index is -0.147. The highest BCUT2D eigenvalue weighted by molar-refractivity contribution is 6.31. The number of hydrogen-bond acceptors (Lipinski definition) is 2. The zero-order chi connectivity index (χ0) is 19.8. The number of urea groups is 1. The zero-order valence-corrected chi connectivity index (χ0v) is 17.3. The second-order valence-corrected chi connectivity index (χ2v) is 8.68. The largest absolute Gasteiger partial charge is 0.356 e. The quantitative estimate of drug-likeness (QED) is 0.634. The number of rotatable bonds is 7. The SMILES string of the molecule is O=C(NCc1ccccc1Cl)NCC1CCC(CNC(=O)C2CCCC2)CC1. The minimum Gasteiger partial charge on any atom is -0.356 e. The molecule has 154 valence electrons. The molecule has 0 bridgehead atoms. The summed E-state index contributed by atoms with van der Waals surface area (Å²) in [6.45, 7) is 1.95. The summed E-state index contributed by atoms with van der Waals surface area (Å²) < 4.78 is 0. The molecular formula is C22H32ClN3O2. The van der Waals surface area contributed by atoms with Crippen LogP contribution >= 0.6 is 11.6 Å². The van der Waals surface area contributed by atoms with E-state index in [0.717, 1.165) is 50.6 Å². The molecule has 1 aromatic carbocycles. The van der Waals surface area contributed by atoms with Crippen molar-refractivity contribution < 1.29 is 9.59 Å². The Kier molecular flexibility index (Phi) is 8.01. The fourth-order valence-corrected chi connectivity index (χ4v) is 4.54. The molecule has 2 aliphatic carbocycles. The lowest BCUT2D eigenvalue weighted by Gasteiger charge is -2.29. The Hall–Kier alpha value is -1.75. The molecule has 0 radical (unpaired) electrons. The van der Waals surface area contributed by atoms with E-state index in [1.807, 2.05) is 24.3 Å². The molecule has 2 saturated carbocycles. The molecule has 0 aromatic heterocycles. The lowest BCUT2D eigenvalue weighted by Crippen LogP contribution is -2.39. The van der Waals surface area contributed by atoms with E-state index >= 15 is 0 Å². The number of nitrogens with one attached hydrogen (secondary N) is 3. The van der Waals surface area contributed by atoms with Crippen LogP contribution in [0.15, 0.2) is 24.3 Å². The lowest BCUT2D eigenvalue weighted by atomic mass is 9.82. The van der Waals surface area contributed by atoms with Crippen molar-refractivity contribution in [2.24, 2.45) is 17.8 Å². The fraction of sp³-hybridized carbons (Fsp3) is 0.636. The Morgan fingerprint density at radius 3 is 2.11 bits per heavy atom. The van der Waals surface area contributed by atoms with Gasteiger partial charge in [-0.25, -0.2) is 4.79 Å². The summed E-state index contributed by atoms with van der Waals surface area (Å²) >= 11 is 6.10. The normalized spacial score (nSPS) is 22.6. The molecule has 3 N–H and O–H groups in total. The summed E-state index contributed by atoms with van der Waals surface area (Å²) in [5.41, 5.74) is 0.916. The van der Waals surface area contributed by atoms with Crippen molar-refractivity contribution in [1.29, 1.82) is 0 Å². The number of carbonyl (C=O) groups is 2. The molecule has 5 nitrogen and oxygen atoms in total. The van der Waals surface area contributed by atoms with E-state index in [1.165, 1.54) is 12.8 Å². The summed E-state index contributed by atoms with van der Waals surface area (Å²) in [7, 11) is 0. The third kappa shape index (κ3) is 6.40. The molecule has 0 unspecified atom stereocenters. The Labute approximate surface area is 173 Å². The summed E-state index contributed by atoms with van der Waals surface area (Å²) in [6, 6.07) is 7.38. The van der Waals surface area contributed by atoms with Crippen molar-refractivity contribution in [2.75, 3.05) is 13.1 Å². The smallest absolute Gasteiger partial charge is 0.315 e. The highest BCUT2D eigenvalue weighted by Crippen LogP contribution is 2.29. The first-order valence-electron chi connectivity index (χ1n) is 10.6. The van der Waals surface area contributed by atoms with Crippen molar-refractivity contribution in [3.05, 3.63) is 34.9 Å².